The van der Waals surface area contributed by atoms with Gasteiger partial charge in [0.2, 0.25) is 11.2 Å². The molecule has 2 bridgehead atoms. The van der Waals surface area contributed by atoms with Crippen LogP contribution in [0.4, 0.5) is 0 Å². The molecule has 10 heteroatoms. The van der Waals surface area contributed by atoms with Crippen LogP contribution in [0.5, 0.6) is 17.2 Å². The minimum absolute atomic E-state index is 0.0188. The third-order valence-electron chi connectivity index (χ3n) is 7.91. The van der Waals surface area contributed by atoms with E-state index in [2.05, 4.69) is 11.5 Å². The molecule has 3 unspecified atom stereocenters. The first-order valence-electron chi connectivity index (χ1n) is 14.0. The Bertz CT molecular complexity index is 1610. The van der Waals surface area contributed by atoms with Crippen molar-refractivity contribution in [3.8, 4) is 17.2 Å². The van der Waals surface area contributed by atoms with E-state index in [1.165, 1.54) is 20.3 Å². The Kier molecular flexibility index (Phi) is 8.54. The number of carbonyl (C=O) groups excluding carboxylic acids is 1. The van der Waals surface area contributed by atoms with Crippen LogP contribution in [0.3, 0.4) is 0 Å². The molecule has 1 aromatic carbocycles. The highest BCUT2D eigenvalue weighted by atomic mass is 16.5. The Balaban J connectivity index is 1.45. The topological polar surface area (TPSA) is 120 Å². The highest BCUT2D eigenvalue weighted by molar-refractivity contribution is 5.71. The highest BCUT2D eigenvalue weighted by Gasteiger charge is 2.35. The zero-order valence-corrected chi connectivity index (χ0v) is 24.1. The summed E-state index contributed by atoms with van der Waals surface area (Å²) in [6, 6.07) is 11.8. The largest absolute Gasteiger partial charge is 0.502 e. The lowest BCUT2D eigenvalue weighted by Crippen LogP contribution is -2.46. The van der Waals surface area contributed by atoms with Crippen molar-refractivity contribution in [2.45, 2.75) is 44.7 Å². The molecular weight excluding hydrogens is 540 g/mol. The van der Waals surface area contributed by atoms with Gasteiger partial charge in [0, 0.05) is 43.4 Å². The van der Waals surface area contributed by atoms with Gasteiger partial charge in [-0.05, 0) is 48.6 Å². The molecule has 3 atom stereocenters. The number of aromatic hydroxyl groups is 1. The van der Waals surface area contributed by atoms with Gasteiger partial charge in [0.25, 0.3) is 5.56 Å². The number of aromatic nitrogens is 1. The zero-order valence-electron chi connectivity index (χ0n) is 24.1. The van der Waals surface area contributed by atoms with Gasteiger partial charge in [0.05, 0.1) is 33.1 Å². The molecule has 10 nitrogen and oxygen atoms in total. The Morgan fingerprint density at radius 2 is 1.93 bits per heavy atom. The van der Waals surface area contributed by atoms with Gasteiger partial charge in [-0.25, -0.2) is 0 Å². The van der Waals surface area contributed by atoms with Gasteiger partial charge >= 0.3 is 5.97 Å². The molecule has 0 radical (unpaired) electrons. The summed E-state index contributed by atoms with van der Waals surface area (Å²) in [6.07, 6.45) is 0.824. The van der Waals surface area contributed by atoms with Gasteiger partial charge in [0.1, 0.15) is 12.4 Å². The first-order chi connectivity index (χ1) is 20.2. The van der Waals surface area contributed by atoms with Crippen LogP contribution in [0.1, 0.15) is 54.4 Å². The lowest BCUT2D eigenvalue weighted by Gasteiger charge is -2.42. The monoisotopic (exact) mass is 576 g/mol. The molecule has 0 aliphatic carbocycles. The third kappa shape index (κ3) is 6.13. The normalized spacial score (nSPS) is 18.5. The van der Waals surface area contributed by atoms with E-state index in [9.17, 15) is 19.5 Å². The van der Waals surface area contributed by atoms with Crippen LogP contribution in [0.15, 0.2) is 68.6 Å². The molecule has 1 fully saturated rings. The molecule has 3 aromatic rings. The van der Waals surface area contributed by atoms with E-state index in [0.29, 0.717) is 55.0 Å². The smallest absolute Gasteiger partial charge is 0.306 e. The van der Waals surface area contributed by atoms with Gasteiger partial charge in [0.15, 0.2) is 17.3 Å². The van der Waals surface area contributed by atoms with Crippen LogP contribution >= 0.6 is 0 Å². The summed E-state index contributed by atoms with van der Waals surface area (Å²) in [5.41, 5.74) is 1.87. The Morgan fingerprint density at radius 1 is 1.12 bits per heavy atom. The summed E-state index contributed by atoms with van der Waals surface area (Å²) in [6.45, 7) is 8.44. The van der Waals surface area contributed by atoms with Crippen molar-refractivity contribution in [1.82, 2.24) is 9.47 Å². The number of fused-ring (bicyclic) bond motifs is 4. The highest BCUT2D eigenvalue weighted by Crippen LogP contribution is 2.39. The van der Waals surface area contributed by atoms with Crippen LogP contribution in [0, 0.1) is 5.92 Å². The second-order valence-electron chi connectivity index (χ2n) is 11.2. The number of ether oxygens (including phenoxy) is 3. The van der Waals surface area contributed by atoms with Crippen LogP contribution in [-0.4, -0.2) is 54.5 Å². The van der Waals surface area contributed by atoms with Crippen molar-refractivity contribution in [2.75, 3.05) is 33.9 Å². The Labute approximate surface area is 243 Å². The predicted octanol–water partition coefficient (Wildman–Crippen LogP) is 3.78. The maximum atomic E-state index is 13.0. The molecule has 2 aliphatic heterocycles. The molecule has 0 spiro atoms. The van der Waals surface area contributed by atoms with E-state index in [1.54, 1.807) is 30.3 Å². The van der Waals surface area contributed by atoms with Crippen LogP contribution < -0.4 is 20.5 Å². The minimum Gasteiger partial charge on any atom is -0.502 e. The van der Waals surface area contributed by atoms with Crippen molar-refractivity contribution >= 4 is 5.97 Å². The molecule has 5 rings (SSSR count). The van der Waals surface area contributed by atoms with Crippen molar-refractivity contribution in [1.29, 1.82) is 0 Å². The second kappa shape index (κ2) is 12.3. The SMILES string of the molecule is C=C(C)COc1ccc(C(CC(=O)OC)c2oc(CN3CC4CC(C3)c3cccc(=O)n3C4)cc(=O)c2O)cc1OC. The van der Waals surface area contributed by atoms with Gasteiger partial charge in [-0.3, -0.25) is 19.3 Å². The fraction of sp³-hybridized carbons (Fsp3) is 0.406. The fourth-order valence-electron chi connectivity index (χ4n) is 6.05. The number of hydrogen-bond acceptors (Lipinski definition) is 9. The molecule has 1 saturated heterocycles. The maximum absolute atomic E-state index is 13.0. The van der Waals surface area contributed by atoms with Gasteiger partial charge in [-0.2, -0.15) is 0 Å². The number of methoxy groups -OCH3 is 2. The van der Waals surface area contributed by atoms with E-state index in [0.717, 1.165) is 24.2 Å². The summed E-state index contributed by atoms with van der Waals surface area (Å²) >= 11 is 0. The van der Waals surface area contributed by atoms with Crippen LogP contribution in [0.25, 0.3) is 0 Å². The van der Waals surface area contributed by atoms with E-state index in [1.807, 2.05) is 17.6 Å². The standard InChI is InChI=1S/C32H36N2O8/c1-19(2)18-41-27-9-8-21(11-28(27)39-3)24(13-30(37)40-4)32-31(38)26(35)12-23(42-32)17-33-14-20-10-22(16-33)25-6-5-7-29(36)34(25)15-20/h5-9,11-12,20,22,24,38H,1,10,13-18H2,2-4H3. The summed E-state index contributed by atoms with van der Waals surface area (Å²) in [5, 5.41) is 10.9. The van der Waals surface area contributed by atoms with Crippen molar-refractivity contribution in [2.24, 2.45) is 5.92 Å². The lowest BCUT2D eigenvalue weighted by atomic mass is 9.83. The quantitative estimate of drug-likeness (QED) is 0.284. The summed E-state index contributed by atoms with van der Waals surface area (Å²) in [7, 11) is 2.78. The van der Waals surface area contributed by atoms with E-state index in [4.69, 9.17) is 18.6 Å². The number of esters is 1. The van der Waals surface area contributed by atoms with Gasteiger partial charge in [-0.15, -0.1) is 0 Å². The fourth-order valence-corrected chi connectivity index (χ4v) is 6.05. The number of likely N-dealkylation sites (tertiary alicyclic amines) is 1. The lowest BCUT2D eigenvalue weighted by molar-refractivity contribution is -0.140. The Hall–Kier alpha value is -4.31. The number of pyridine rings is 1. The van der Waals surface area contributed by atoms with E-state index in [-0.39, 0.29) is 23.7 Å². The van der Waals surface area contributed by atoms with E-state index < -0.39 is 23.1 Å². The molecule has 42 heavy (non-hydrogen) atoms. The number of piperidine rings is 1. The molecule has 222 valence electrons. The molecule has 2 aromatic heterocycles. The number of hydrogen-bond donors (Lipinski definition) is 1. The zero-order chi connectivity index (χ0) is 30.0. The van der Waals surface area contributed by atoms with Gasteiger partial charge in [-0.1, -0.05) is 18.7 Å². The number of carbonyl (C=O) groups is 1. The Morgan fingerprint density at radius 3 is 2.67 bits per heavy atom. The number of rotatable bonds is 10. The van der Waals surface area contributed by atoms with Crippen molar-refractivity contribution in [3.05, 3.63) is 98.0 Å². The van der Waals surface area contributed by atoms with Crippen molar-refractivity contribution in [3.63, 3.8) is 0 Å². The number of benzene rings is 1. The summed E-state index contributed by atoms with van der Waals surface area (Å²) in [4.78, 5) is 40.1. The molecule has 1 N–H and O–H groups in total. The summed E-state index contributed by atoms with van der Waals surface area (Å²) < 4.78 is 24.3. The molecule has 0 saturated carbocycles. The average molecular weight is 577 g/mol. The summed E-state index contributed by atoms with van der Waals surface area (Å²) in [5.74, 6) is -0.167. The van der Waals surface area contributed by atoms with Crippen LogP contribution in [-0.2, 0) is 22.6 Å². The maximum Gasteiger partial charge on any atom is 0.306 e. The number of nitrogens with zero attached hydrogens (tertiary/aromatic N) is 2. The van der Waals surface area contributed by atoms with Crippen LogP contribution in [0.2, 0.25) is 0 Å². The molecule has 0 amide bonds. The second-order valence-corrected chi connectivity index (χ2v) is 11.2. The average Bonchev–Trinajstić information content (AvgIpc) is 2.97. The molecular formula is C32H36N2O8. The third-order valence-corrected chi connectivity index (χ3v) is 7.91. The first-order valence-corrected chi connectivity index (χ1v) is 14.0. The molecule has 2 aliphatic rings. The van der Waals surface area contributed by atoms with Crippen molar-refractivity contribution < 1.29 is 28.5 Å². The predicted molar refractivity (Wildman–Crippen MR) is 155 cm³/mol. The minimum atomic E-state index is -0.825. The molecule has 4 heterocycles. The first kappa shape index (κ1) is 29.2. The van der Waals surface area contributed by atoms with E-state index >= 15 is 0 Å². The van der Waals surface area contributed by atoms with Gasteiger partial charge < -0.3 is 28.3 Å².